The number of benzene rings is 2. The van der Waals surface area contributed by atoms with Gasteiger partial charge in [0.1, 0.15) is 18.2 Å². The first-order chi connectivity index (χ1) is 47.0. The lowest BCUT2D eigenvalue weighted by molar-refractivity contribution is -0.144. The molecule has 96 heavy (non-hydrogen) atoms. The molecule has 26 heteroatoms. The summed E-state index contributed by atoms with van der Waals surface area (Å²) in [6.45, 7) is 9.99. The number of fused-ring (bicyclic) bond motifs is 3. The van der Waals surface area contributed by atoms with Crippen LogP contribution in [0, 0.1) is 11.8 Å². The Labute approximate surface area is 568 Å². The summed E-state index contributed by atoms with van der Waals surface area (Å²) in [5.74, 6) is -3.06. The van der Waals surface area contributed by atoms with E-state index in [-0.39, 0.29) is 126 Å². The monoisotopic (exact) mass is 1360 g/mol. The molecule has 0 aliphatic heterocycles. The molecule has 2 aromatic carbocycles. The van der Waals surface area contributed by atoms with Crippen molar-refractivity contribution in [2.75, 3.05) is 191 Å². The highest BCUT2D eigenvalue weighted by Gasteiger charge is 2.29. The molecule has 3 rings (SSSR count). The number of carbonyl (C=O) groups is 7. The van der Waals surface area contributed by atoms with Crippen molar-refractivity contribution in [3.05, 3.63) is 59.7 Å². The standard InChI is InChI=1S/C70H115N5O21/c71-25-8-5-13-56(53-58(76)22-31-86-37-43-92-50-48-91-42-36-85-30-12-21-68(80)96-55-64-62-17-3-1-15-60(62)61-16-2-4-18-63(61)64)69(81)74-28-34-89-40-46-95-52-51-94-45-39-88-33-24-67(79)75-65(19-7-10-27-73)66(78)20-11-29-84-35-41-90-47-49-93-44-38-87-32-23-59(77)54-57(70(82)83)14-6-9-26-72/h1-4,15-18,56-57,64-65H,5-14,19-55,71-73H2,(H,74,81)(H,75,79)(H,82,83). The topological polar surface area (TPSA) is 362 Å². The summed E-state index contributed by atoms with van der Waals surface area (Å²) < 4.78 is 72.4. The average Bonchev–Trinajstić information content (AvgIpc) is 1.64. The van der Waals surface area contributed by atoms with Gasteiger partial charge in [-0.05, 0) is 99.7 Å². The third-order valence-corrected chi connectivity index (χ3v) is 15.5. The van der Waals surface area contributed by atoms with Crippen molar-refractivity contribution < 1.29 is 100 Å². The van der Waals surface area contributed by atoms with Gasteiger partial charge in [-0.2, -0.15) is 0 Å². The molecule has 0 saturated heterocycles. The number of hydrogen-bond acceptors (Lipinski definition) is 23. The summed E-state index contributed by atoms with van der Waals surface area (Å²) in [5, 5.41) is 15.1. The van der Waals surface area contributed by atoms with Crippen LogP contribution in [0.15, 0.2) is 48.5 Å². The van der Waals surface area contributed by atoms with Gasteiger partial charge in [0.15, 0.2) is 5.78 Å². The molecule has 3 atom stereocenters. The molecular formula is C70H115N5O21. The number of carboxylic acid groups (broad SMARTS) is 1. The maximum atomic E-state index is 13.1. The van der Waals surface area contributed by atoms with Gasteiger partial charge in [-0.15, -0.1) is 0 Å². The third-order valence-electron chi connectivity index (χ3n) is 15.5. The van der Waals surface area contributed by atoms with Gasteiger partial charge in [0.25, 0.3) is 0 Å². The van der Waals surface area contributed by atoms with Crippen molar-refractivity contribution in [2.45, 2.75) is 128 Å². The zero-order valence-electron chi connectivity index (χ0n) is 57.0. The Balaban J connectivity index is 1.07. The van der Waals surface area contributed by atoms with E-state index in [2.05, 4.69) is 34.9 Å². The largest absolute Gasteiger partial charge is 0.481 e. The lowest BCUT2D eigenvalue weighted by Gasteiger charge is -2.18. The second kappa shape index (κ2) is 58.7. The predicted molar refractivity (Wildman–Crippen MR) is 359 cm³/mol. The highest BCUT2D eigenvalue weighted by atomic mass is 16.6. The van der Waals surface area contributed by atoms with E-state index in [1.54, 1.807) is 0 Å². The maximum absolute atomic E-state index is 13.1. The average molecular weight is 1360 g/mol. The van der Waals surface area contributed by atoms with Crippen molar-refractivity contribution in [1.82, 2.24) is 10.6 Å². The highest BCUT2D eigenvalue weighted by Crippen LogP contribution is 2.44. The smallest absolute Gasteiger partial charge is 0.306 e. The number of ketones is 3. The number of aliphatic carboxylic acids is 1. The summed E-state index contributed by atoms with van der Waals surface area (Å²) in [6.07, 6.45) is 7.97. The molecule has 0 bridgehead atoms. The number of nitrogens with two attached hydrogens (primary N) is 3. The molecule has 0 radical (unpaired) electrons. The van der Waals surface area contributed by atoms with Crippen LogP contribution in [0.25, 0.3) is 11.1 Å². The first kappa shape index (κ1) is 85.0. The molecular weight excluding hydrogens is 1250 g/mol. The van der Waals surface area contributed by atoms with Gasteiger partial charge in [-0.3, -0.25) is 33.6 Å². The molecule has 0 aromatic heterocycles. The number of ether oxygens (including phenoxy) is 13. The van der Waals surface area contributed by atoms with E-state index in [9.17, 15) is 38.7 Å². The van der Waals surface area contributed by atoms with Crippen LogP contribution in [0.4, 0.5) is 0 Å². The Bertz CT molecular complexity index is 2330. The van der Waals surface area contributed by atoms with Gasteiger partial charge >= 0.3 is 11.9 Å². The summed E-state index contributed by atoms with van der Waals surface area (Å²) in [6, 6.07) is 15.9. The number of amides is 2. The van der Waals surface area contributed by atoms with Crippen LogP contribution in [0.5, 0.6) is 0 Å². The molecule has 0 saturated carbocycles. The molecule has 3 unspecified atom stereocenters. The Morgan fingerprint density at radius 2 is 0.781 bits per heavy atom. The second-order valence-corrected chi connectivity index (χ2v) is 23.2. The molecule has 0 fully saturated rings. The predicted octanol–water partition coefficient (Wildman–Crippen LogP) is 5.06. The molecule has 546 valence electrons. The van der Waals surface area contributed by atoms with Crippen molar-refractivity contribution in [3.63, 3.8) is 0 Å². The van der Waals surface area contributed by atoms with Crippen LogP contribution >= 0.6 is 0 Å². The first-order valence-electron chi connectivity index (χ1n) is 34.7. The molecule has 26 nitrogen and oxygen atoms in total. The van der Waals surface area contributed by atoms with Gasteiger partial charge in [-0.25, -0.2) is 0 Å². The SMILES string of the molecule is NCCCCC(CC(=O)CCOCCOCCOCCOCCCC(=O)C(CCCCN)NC(=O)CCOCCOCCOCCOCCNC(=O)C(CCCCN)CC(=O)CCOCCOCCOCCOCCCC(=O)OCC1c2ccccc2-c2ccccc21)C(=O)O. The summed E-state index contributed by atoms with van der Waals surface area (Å²) in [4.78, 5) is 87.7. The van der Waals surface area contributed by atoms with Crippen LogP contribution in [0.1, 0.15) is 133 Å². The van der Waals surface area contributed by atoms with Gasteiger partial charge in [0.2, 0.25) is 11.8 Å². The van der Waals surface area contributed by atoms with Crippen LogP contribution in [0.2, 0.25) is 0 Å². The van der Waals surface area contributed by atoms with E-state index < -0.39 is 23.8 Å². The number of carboxylic acids is 1. The van der Waals surface area contributed by atoms with Crippen LogP contribution in [-0.4, -0.2) is 244 Å². The first-order valence-corrected chi connectivity index (χ1v) is 34.7. The number of unbranched alkanes of at least 4 members (excludes halogenated alkanes) is 3. The normalized spacial score (nSPS) is 12.9. The Morgan fingerprint density at radius 3 is 1.23 bits per heavy atom. The lowest BCUT2D eigenvalue weighted by Crippen LogP contribution is -2.41. The molecule has 1 aliphatic carbocycles. The number of rotatable bonds is 69. The second-order valence-electron chi connectivity index (χ2n) is 23.2. The van der Waals surface area contributed by atoms with Gasteiger partial charge in [-0.1, -0.05) is 61.4 Å². The minimum absolute atomic E-state index is 0.00423. The Kier molecular flexibility index (Phi) is 51.9. The van der Waals surface area contributed by atoms with Crippen LogP contribution in [0.3, 0.4) is 0 Å². The number of hydrogen-bond donors (Lipinski definition) is 6. The number of carbonyl (C=O) groups excluding carboxylic acids is 6. The van der Waals surface area contributed by atoms with E-state index in [1.165, 1.54) is 22.3 Å². The number of esters is 1. The summed E-state index contributed by atoms with van der Waals surface area (Å²) in [5.41, 5.74) is 21.6. The quantitative estimate of drug-likeness (QED) is 0.0372. The van der Waals surface area contributed by atoms with Crippen molar-refractivity contribution in [3.8, 4) is 11.1 Å². The minimum Gasteiger partial charge on any atom is -0.481 e. The van der Waals surface area contributed by atoms with Gasteiger partial charge in [0.05, 0.1) is 157 Å². The molecule has 0 heterocycles. The molecule has 1 aliphatic rings. The summed E-state index contributed by atoms with van der Waals surface area (Å²) in [7, 11) is 0. The number of nitrogens with one attached hydrogen (secondary N) is 2. The molecule has 0 spiro atoms. The fourth-order valence-corrected chi connectivity index (χ4v) is 10.3. The van der Waals surface area contributed by atoms with Gasteiger partial charge in [0, 0.05) is 76.5 Å². The van der Waals surface area contributed by atoms with Crippen molar-refractivity contribution in [2.24, 2.45) is 29.0 Å². The van der Waals surface area contributed by atoms with Gasteiger partial charge < -0.3 is 94.5 Å². The fourth-order valence-electron chi connectivity index (χ4n) is 10.3. The zero-order chi connectivity index (χ0) is 69.2. The highest BCUT2D eigenvalue weighted by molar-refractivity contribution is 5.89. The van der Waals surface area contributed by atoms with E-state index >= 15 is 0 Å². The zero-order valence-corrected chi connectivity index (χ0v) is 57.0. The Hall–Kier alpha value is -5.27. The van der Waals surface area contributed by atoms with E-state index in [1.807, 2.05) is 24.3 Å². The maximum Gasteiger partial charge on any atom is 0.306 e. The Morgan fingerprint density at radius 1 is 0.406 bits per heavy atom. The van der Waals surface area contributed by atoms with E-state index in [0.29, 0.717) is 197 Å². The van der Waals surface area contributed by atoms with E-state index in [4.69, 9.17) is 78.8 Å². The van der Waals surface area contributed by atoms with E-state index in [0.717, 1.165) is 25.7 Å². The fraction of sp³-hybridized carbons (Fsp3) is 0.729. The van der Waals surface area contributed by atoms with Crippen LogP contribution in [-0.2, 0) is 95.1 Å². The van der Waals surface area contributed by atoms with Crippen molar-refractivity contribution >= 4 is 41.1 Å². The molecule has 2 amide bonds. The van der Waals surface area contributed by atoms with Crippen molar-refractivity contribution in [1.29, 1.82) is 0 Å². The summed E-state index contributed by atoms with van der Waals surface area (Å²) >= 11 is 0. The minimum atomic E-state index is -0.964. The van der Waals surface area contributed by atoms with Crippen LogP contribution < -0.4 is 27.8 Å². The number of Topliss-reactive ketones (excluding diaryl/α,β-unsaturated/α-hetero) is 3. The molecule has 9 N–H and O–H groups in total. The third kappa shape index (κ3) is 42.5. The lowest BCUT2D eigenvalue weighted by atomic mass is 9.94. The molecule has 2 aromatic rings.